The fourth-order valence-electron chi connectivity index (χ4n) is 0.601. The standard InChI is InChI=1S/C6H11BrO5/c7-1-3(9)5(11)6(12)4(10)2-8/h2-6,9-12H,1H2/t3-,4+,5-,6-/m1/s1. The van der Waals surface area contributed by atoms with Gasteiger partial charge in [0.15, 0.2) is 6.29 Å². The van der Waals surface area contributed by atoms with E-state index in [4.69, 9.17) is 20.4 Å². The van der Waals surface area contributed by atoms with Crippen LogP contribution in [0.15, 0.2) is 0 Å². The summed E-state index contributed by atoms with van der Waals surface area (Å²) in [5.41, 5.74) is 0. The van der Waals surface area contributed by atoms with E-state index >= 15 is 0 Å². The Morgan fingerprint density at radius 2 is 1.67 bits per heavy atom. The summed E-state index contributed by atoms with van der Waals surface area (Å²) in [6, 6.07) is 0. The molecule has 0 saturated carbocycles. The predicted octanol–water partition coefficient (Wildman–Crippen LogP) is -1.98. The first kappa shape index (κ1) is 12.0. The maximum absolute atomic E-state index is 9.95. The lowest BCUT2D eigenvalue weighted by Gasteiger charge is -2.22. The van der Waals surface area contributed by atoms with Gasteiger partial charge in [-0.15, -0.1) is 0 Å². The van der Waals surface area contributed by atoms with Crippen molar-refractivity contribution >= 4 is 22.2 Å². The number of carbonyl (C=O) groups excluding carboxylic acids is 1. The molecule has 0 radical (unpaired) electrons. The third-order valence-electron chi connectivity index (χ3n) is 1.39. The third kappa shape index (κ3) is 3.16. The normalized spacial score (nSPS) is 21.1. The quantitative estimate of drug-likeness (QED) is 0.331. The van der Waals surface area contributed by atoms with Gasteiger partial charge in [0.25, 0.3) is 0 Å². The predicted molar refractivity (Wildman–Crippen MR) is 43.9 cm³/mol. The molecule has 72 valence electrons. The topological polar surface area (TPSA) is 98.0 Å². The molecule has 0 bridgehead atoms. The van der Waals surface area contributed by atoms with Crippen molar-refractivity contribution < 1.29 is 25.2 Å². The highest BCUT2D eigenvalue weighted by molar-refractivity contribution is 9.09. The Kier molecular flexibility index (Phi) is 5.60. The van der Waals surface area contributed by atoms with Crippen LogP contribution >= 0.6 is 15.9 Å². The van der Waals surface area contributed by atoms with E-state index in [1.54, 1.807) is 0 Å². The second-order valence-electron chi connectivity index (χ2n) is 2.33. The second-order valence-corrected chi connectivity index (χ2v) is 2.98. The second kappa shape index (κ2) is 5.60. The molecule has 0 amide bonds. The van der Waals surface area contributed by atoms with Crippen molar-refractivity contribution in [2.24, 2.45) is 0 Å². The van der Waals surface area contributed by atoms with E-state index in [1.807, 2.05) is 0 Å². The van der Waals surface area contributed by atoms with Gasteiger partial charge in [-0.2, -0.15) is 0 Å². The highest BCUT2D eigenvalue weighted by Crippen LogP contribution is 2.05. The maximum Gasteiger partial charge on any atom is 0.151 e. The van der Waals surface area contributed by atoms with Gasteiger partial charge in [0.2, 0.25) is 0 Å². The molecule has 0 aliphatic heterocycles. The largest absolute Gasteiger partial charge is 0.389 e. The number of hydrogen-bond donors (Lipinski definition) is 4. The van der Waals surface area contributed by atoms with E-state index < -0.39 is 24.4 Å². The van der Waals surface area contributed by atoms with E-state index in [9.17, 15) is 4.79 Å². The monoisotopic (exact) mass is 242 g/mol. The molecular weight excluding hydrogens is 232 g/mol. The van der Waals surface area contributed by atoms with E-state index in [1.165, 1.54) is 0 Å². The van der Waals surface area contributed by atoms with Crippen molar-refractivity contribution in [3.05, 3.63) is 0 Å². The Morgan fingerprint density at radius 1 is 1.17 bits per heavy atom. The number of carbonyl (C=O) groups is 1. The van der Waals surface area contributed by atoms with Crippen LogP contribution in [0.1, 0.15) is 0 Å². The summed E-state index contributed by atoms with van der Waals surface area (Å²) >= 11 is 2.86. The van der Waals surface area contributed by atoms with Gasteiger partial charge in [-0.25, -0.2) is 0 Å². The Bertz CT molecular complexity index is 142. The molecule has 4 atom stereocenters. The van der Waals surface area contributed by atoms with Crippen LogP contribution in [0.4, 0.5) is 0 Å². The molecule has 0 aromatic carbocycles. The Morgan fingerprint density at radius 3 is 2.00 bits per heavy atom. The summed E-state index contributed by atoms with van der Waals surface area (Å²) in [5.74, 6) is 0. The molecule has 0 aliphatic rings. The summed E-state index contributed by atoms with van der Waals surface area (Å²) in [6.45, 7) is 0. The number of halogens is 1. The van der Waals surface area contributed by atoms with Gasteiger partial charge in [0.05, 0.1) is 6.10 Å². The Balaban J connectivity index is 4.07. The van der Waals surface area contributed by atoms with E-state index in [0.717, 1.165) is 0 Å². The van der Waals surface area contributed by atoms with E-state index in [2.05, 4.69) is 15.9 Å². The maximum atomic E-state index is 9.95. The number of alkyl halides is 1. The van der Waals surface area contributed by atoms with Crippen LogP contribution in [-0.4, -0.2) is 56.5 Å². The summed E-state index contributed by atoms with van der Waals surface area (Å²) in [4.78, 5) is 9.95. The molecule has 0 unspecified atom stereocenters. The number of aliphatic hydroxyl groups excluding tert-OH is 4. The molecule has 0 aromatic heterocycles. The molecule has 0 spiro atoms. The highest BCUT2D eigenvalue weighted by atomic mass is 79.9. The molecule has 4 N–H and O–H groups in total. The van der Waals surface area contributed by atoms with Gasteiger partial charge in [-0.3, -0.25) is 0 Å². The number of aldehydes is 1. The van der Waals surface area contributed by atoms with Crippen LogP contribution in [-0.2, 0) is 4.79 Å². The minimum Gasteiger partial charge on any atom is -0.389 e. The average Bonchev–Trinajstić information content (AvgIpc) is 2.12. The summed E-state index contributed by atoms with van der Waals surface area (Å²) < 4.78 is 0. The molecule has 0 heterocycles. The SMILES string of the molecule is O=C[C@H](O)[C@@H](O)[C@H](O)[C@H](O)CBr. The summed E-state index contributed by atoms with van der Waals surface area (Å²) in [5, 5.41) is 35.8. The molecule has 0 fully saturated rings. The molecule has 6 heteroatoms. The minimum atomic E-state index is -1.67. The van der Waals surface area contributed by atoms with E-state index in [-0.39, 0.29) is 11.6 Å². The number of aliphatic hydroxyl groups is 4. The van der Waals surface area contributed by atoms with Crippen LogP contribution in [0.3, 0.4) is 0 Å². The van der Waals surface area contributed by atoms with Crippen LogP contribution in [0.2, 0.25) is 0 Å². The zero-order chi connectivity index (χ0) is 9.72. The van der Waals surface area contributed by atoms with Gasteiger partial charge in [0.1, 0.15) is 18.3 Å². The van der Waals surface area contributed by atoms with Gasteiger partial charge < -0.3 is 25.2 Å². The fourth-order valence-corrected chi connectivity index (χ4v) is 0.984. The van der Waals surface area contributed by atoms with Crippen LogP contribution < -0.4 is 0 Å². The van der Waals surface area contributed by atoms with Crippen molar-refractivity contribution in [1.82, 2.24) is 0 Å². The first-order chi connectivity index (χ1) is 5.54. The molecule has 0 rings (SSSR count). The summed E-state index contributed by atoms with van der Waals surface area (Å²) in [7, 11) is 0. The fraction of sp³-hybridized carbons (Fsp3) is 0.833. The smallest absolute Gasteiger partial charge is 0.151 e. The molecule has 5 nitrogen and oxygen atoms in total. The Hall–Kier alpha value is -0.01000. The van der Waals surface area contributed by atoms with Gasteiger partial charge >= 0.3 is 0 Å². The molecule has 0 aliphatic carbocycles. The average molecular weight is 243 g/mol. The first-order valence-electron chi connectivity index (χ1n) is 3.28. The molecule has 12 heavy (non-hydrogen) atoms. The van der Waals surface area contributed by atoms with Crippen molar-refractivity contribution in [2.75, 3.05) is 5.33 Å². The van der Waals surface area contributed by atoms with Crippen molar-refractivity contribution in [2.45, 2.75) is 24.4 Å². The van der Waals surface area contributed by atoms with Crippen LogP contribution in [0.25, 0.3) is 0 Å². The van der Waals surface area contributed by atoms with Gasteiger partial charge in [0, 0.05) is 5.33 Å². The van der Waals surface area contributed by atoms with Crippen molar-refractivity contribution in [3.8, 4) is 0 Å². The van der Waals surface area contributed by atoms with Gasteiger partial charge in [-0.1, -0.05) is 15.9 Å². The number of hydrogen-bond acceptors (Lipinski definition) is 5. The lowest BCUT2D eigenvalue weighted by molar-refractivity contribution is -0.131. The van der Waals surface area contributed by atoms with Crippen molar-refractivity contribution in [3.63, 3.8) is 0 Å². The van der Waals surface area contributed by atoms with Crippen LogP contribution in [0, 0.1) is 0 Å². The summed E-state index contributed by atoms with van der Waals surface area (Å²) in [6.07, 6.45) is -5.99. The molecular formula is C6H11BrO5. The molecule has 0 aromatic rings. The minimum absolute atomic E-state index is 0.0524. The zero-order valence-electron chi connectivity index (χ0n) is 6.17. The zero-order valence-corrected chi connectivity index (χ0v) is 7.75. The third-order valence-corrected chi connectivity index (χ3v) is 2.05. The lowest BCUT2D eigenvalue weighted by Crippen LogP contribution is -2.45. The first-order valence-corrected chi connectivity index (χ1v) is 4.40. The lowest BCUT2D eigenvalue weighted by atomic mass is 10.1. The molecule has 0 saturated heterocycles. The Labute approximate surface area is 77.8 Å². The highest BCUT2D eigenvalue weighted by Gasteiger charge is 2.29. The van der Waals surface area contributed by atoms with Crippen LogP contribution in [0.5, 0.6) is 0 Å². The number of rotatable bonds is 5. The van der Waals surface area contributed by atoms with Crippen molar-refractivity contribution in [1.29, 1.82) is 0 Å². The van der Waals surface area contributed by atoms with E-state index in [0.29, 0.717) is 0 Å². The van der Waals surface area contributed by atoms with Gasteiger partial charge in [-0.05, 0) is 0 Å².